The zero-order valence-corrected chi connectivity index (χ0v) is 19.7. The van der Waals surface area contributed by atoms with Gasteiger partial charge >= 0.3 is 6.18 Å². The Morgan fingerprint density at radius 3 is 2.44 bits per heavy atom. The fourth-order valence-electron chi connectivity index (χ4n) is 7.99. The van der Waals surface area contributed by atoms with E-state index in [2.05, 4.69) is 13.8 Å². The van der Waals surface area contributed by atoms with Crippen LogP contribution in [0, 0.1) is 40.4 Å². The number of hydrogen-bond donors (Lipinski definition) is 0. The van der Waals surface area contributed by atoms with E-state index in [9.17, 15) is 18.0 Å². The normalized spacial score (nSPS) is 43.8. The quantitative estimate of drug-likeness (QED) is 0.432. The number of rotatable bonds is 3. The number of carbonyl (C=O) groups is 1. The van der Waals surface area contributed by atoms with Crippen molar-refractivity contribution >= 4 is 17.8 Å². The van der Waals surface area contributed by atoms with E-state index in [1.165, 1.54) is 12.0 Å². The average molecular weight is 467 g/mol. The fraction of sp³-hybridized carbons (Fsp3) is 0.731. The number of para-hydroxylation sites is 1. The molecule has 0 amide bonds. The van der Waals surface area contributed by atoms with Crippen molar-refractivity contribution in [3.63, 3.8) is 0 Å². The molecular weight excluding hydrogens is 433 g/mol. The highest BCUT2D eigenvalue weighted by Gasteiger charge is 2.63. The van der Waals surface area contributed by atoms with E-state index in [-0.39, 0.29) is 28.4 Å². The molecule has 4 aliphatic carbocycles. The molecule has 0 saturated heterocycles. The Bertz CT molecular complexity index is 858. The molecule has 0 aliphatic heterocycles. The third kappa shape index (κ3) is 3.59. The Kier molecular flexibility index (Phi) is 5.62. The Hall–Kier alpha value is -1.17. The van der Waals surface area contributed by atoms with Crippen LogP contribution in [-0.2, 0) is 4.79 Å². The summed E-state index contributed by atoms with van der Waals surface area (Å²) in [6, 6.07) is 9.58. The van der Waals surface area contributed by atoms with Gasteiger partial charge in [0.05, 0.1) is 18.0 Å². The van der Waals surface area contributed by atoms with Gasteiger partial charge in [-0.2, -0.15) is 13.2 Å². The first-order valence-corrected chi connectivity index (χ1v) is 12.9. The van der Waals surface area contributed by atoms with Crippen LogP contribution in [0.3, 0.4) is 0 Å². The van der Waals surface area contributed by atoms with E-state index in [0.717, 1.165) is 37.9 Å². The van der Waals surface area contributed by atoms with Gasteiger partial charge < -0.3 is 4.18 Å². The predicted octanol–water partition coefficient (Wildman–Crippen LogP) is 7.48. The Morgan fingerprint density at radius 1 is 0.969 bits per heavy atom. The summed E-state index contributed by atoms with van der Waals surface area (Å²) in [5.41, 5.74) is -0.327. The van der Waals surface area contributed by atoms with Crippen molar-refractivity contribution < 1.29 is 22.1 Å². The van der Waals surface area contributed by atoms with Gasteiger partial charge in [0.25, 0.3) is 0 Å². The third-order valence-corrected chi connectivity index (χ3v) is 10.8. The van der Waals surface area contributed by atoms with Crippen molar-refractivity contribution in [1.29, 1.82) is 0 Å². The number of Topliss-reactive ketones (excluding diaryl/α,β-unsaturated/α-hetero) is 1. The lowest BCUT2D eigenvalue weighted by Gasteiger charge is -2.60. The Labute approximate surface area is 193 Å². The molecule has 8 atom stereocenters. The number of carbonyl (C=O) groups excluding carboxylic acids is 1. The maximum Gasteiger partial charge on any atom is 0.391 e. The lowest BCUT2D eigenvalue weighted by atomic mass is 9.44. The molecule has 0 N–H and O–H groups in total. The summed E-state index contributed by atoms with van der Waals surface area (Å²) in [6.45, 7) is 4.42. The van der Waals surface area contributed by atoms with E-state index >= 15 is 0 Å². The maximum absolute atomic E-state index is 13.4. The molecule has 5 rings (SSSR count). The summed E-state index contributed by atoms with van der Waals surface area (Å²) in [5.74, 6) is 1.33. The Balaban J connectivity index is 1.32. The molecule has 4 saturated carbocycles. The van der Waals surface area contributed by atoms with Gasteiger partial charge in [0.15, 0.2) is 5.78 Å². The summed E-state index contributed by atoms with van der Waals surface area (Å²) in [4.78, 5) is 13.4. The number of hydrogen-bond acceptors (Lipinski definition) is 3. The van der Waals surface area contributed by atoms with Crippen LogP contribution >= 0.6 is 12.0 Å². The van der Waals surface area contributed by atoms with Crippen LogP contribution in [0.4, 0.5) is 13.2 Å². The minimum atomic E-state index is -4.07. The summed E-state index contributed by atoms with van der Waals surface area (Å²) in [5, 5.41) is -0.157. The van der Waals surface area contributed by atoms with Crippen molar-refractivity contribution in [1.82, 2.24) is 0 Å². The fourth-order valence-corrected chi connectivity index (χ4v) is 8.98. The highest BCUT2D eigenvalue weighted by atomic mass is 32.2. The molecule has 4 unspecified atom stereocenters. The van der Waals surface area contributed by atoms with Gasteiger partial charge in [0, 0.05) is 5.41 Å². The zero-order chi connectivity index (χ0) is 22.7. The highest BCUT2D eigenvalue weighted by Crippen LogP contribution is 2.67. The summed E-state index contributed by atoms with van der Waals surface area (Å²) in [6.07, 6.45) is 1.70. The molecule has 1 aromatic carbocycles. The molecule has 4 fully saturated rings. The van der Waals surface area contributed by atoms with Gasteiger partial charge in [-0.1, -0.05) is 32.0 Å². The monoisotopic (exact) mass is 466 g/mol. The summed E-state index contributed by atoms with van der Waals surface area (Å²) < 4.78 is 46.1. The van der Waals surface area contributed by atoms with Crippen LogP contribution in [0.1, 0.15) is 65.2 Å². The van der Waals surface area contributed by atoms with Crippen molar-refractivity contribution in [3.05, 3.63) is 30.3 Å². The molecule has 32 heavy (non-hydrogen) atoms. The van der Waals surface area contributed by atoms with E-state index in [1.54, 1.807) is 0 Å². The van der Waals surface area contributed by atoms with E-state index in [4.69, 9.17) is 4.18 Å². The average Bonchev–Trinajstić information content (AvgIpc) is 3.02. The number of benzene rings is 1. The topological polar surface area (TPSA) is 26.3 Å². The largest absolute Gasteiger partial charge is 0.425 e. The molecular formula is C26H33F3O2S. The summed E-state index contributed by atoms with van der Waals surface area (Å²) in [7, 11) is 0. The highest BCUT2D eigenvalue weighted by molar-refractivity contribution is 7.96. The van der Waals surface area contributed by atoms with Crippen LogP contribution < -0.4 is 4.18 Å². The van der Waals surface area contributed by atoms with E-state index in [1.807, 2.05) is 30.3 Å². The van der Waals surface area contributed by atoms with E-state index < -0.39 is 12.1 Å². The molecule has 4 aliphatic rings. The number of alkyl halides is 3. The Morgan fingerprint density at radius 2 is 1.72 bits per heavy atom. The van der Waals surface area contributed by atoms with Gasteiger partial charge in [-0.15, -0.1) is 0 Å². The molecule has 6 heteroatoms. The van der Waals surface area contributed by atoms with Crippen molar-refractivity contribution in [2.45, 2.75) is 76.6 Å². The lowest BCUT2D eigenvalue weighted by molar-refractivity contribution is -0.207. The molecule has 0 spiro atoms. The van der Waals surface area contributed by atoms with Crippen LogP contribution in [0.15, 0.2) is 30.3 Å². The van der Waals surface area contributed by atoms with Gasteiger partial charge in [-0.05, 0) is 92.6 Å². The minimum Gasteiger partial charge on any atom is -0.425 e. The third-order valence-electron chi connectivity index (χ3n) is 9.85. The van der Waals surface area contributed by atoms with Gasteiger partial charge in [-0.3, -0.25) is 4.79 Å². The van der Waals surface area contributed by atoms with Crippen LogP contribution in [-0.4, -0.2) is 17.2 Å². The minimum absolute atomic E-state index is 0.0131. The van der Waals surface area contributed by atoms with Crippen molar-refractivity contribution in [3.8, 4) is 5.75 Å². The standard InChI is InChI=1S/C26H33F3O2S/c1-24-12-10-17(26(27,28)29)14-16(24)8-9-19-20(24)11-13-25(2)21(19)15-22(23(25)30)32-31-18-6-4-3-5-7-18/h3-7,16-17,19-22H,8-15H2,1-2H3/t16-,17?,19-,20?,21?,22?,24+,25+/m1/s1. The van der Waals surface area contributed by atoms with Gasteiger partial charge in [0.1, 0.15) is 11.0 Å². The molecule has 0 aromatic heterocycles. The molecule has 2 nitrogen and oxygen atoms in total. The van der Waals surface area contributed by atoms with Crippen LogP contribution in [0.2, 0.25) is 0 Å². The number of ketones is 1. The van der Waals surface area contributed by atoms with Gasteiger partial charge in [-0.25, -0.2) is 0 Å². The molecule has 176 valence electrons. The first-order valence-electron chi connectivity index (χ1n) is 12.1. The zero-order valence-electron chi connectivity index (χ0n) is 18.9. The molecule has 1 aromatic rings. The molecule has 0 bridgehead atoms. The van der Waals surface area contributed by atoms with E-state index in [0.29, 0.717) is 36.4 Å². The molecule has 0 radical (unpaired) electrons. The lowest BCUT2D eigenvalue weighted by Crippen LogP contribution is -2.54. The molecule has 0 heterocycles. The first kappa shape index (κ1) is 22.6. The van der Waals surface area contributed by atoms with Gasteiger partial charge in [0.2, 0.25) is 0 Å². The van der Waals surface area contributed by atoms with Crippen LogP contribution in [0.25, 0.3) is 0 Å². The van der Waals surface area contributed by atoms with Crippen LogP contribution in [0.5, 0.6) is 5.75 Å². The summed E-state index contributed by atoms with van der Waals surface area (Å²) >= 11 is 1.30. The second-order valence-corrected chi connectivity index (χ2v) is 12.1. The second kappa shape index (κ2) is 7.95. The van der Waals surface area contributed by atoms with Crippen molar-refractivity contribution in [2.24, 2.45) is 40.4 Å². The maximum atomic E-state index is 13.4. The number of fused-ring (bicyclic) bond motifs is 5. The predicted molar refractivity (Wildman–Crippen MR) is 120 cm³/mol. The SMILES string of the molecule is C[C@]12CCC3[C@@H](CC[C@@H]4CC(C(F)(F)F)CC[C@]34C)C1CC(SOc1ccccc1)C2=O. The smallest absolute Gasteiger partial charge is 0.391 e. The first-order chi connectivity index (χ1) is 15.1. The number of halogens is 3. The second-order valence-electron chi connectivity index (χ2n) is 11.2. The van der Waals surface area contributed by atoms with Crippen molar-refractivity contribution in [2.75, 3.05) is 0 Å².